The second-order valence-electron chi connectivity index (χ2n) is 6.20. The average molecular weight is 362 g/mol. The first-order valence-corrected chi connectivity index (χ1v) is 8.58. The lowest BCUT2D eigenvalue weighted by molar-refractivity contribution is -0.116. The molecule has 0 saturated carbocycles. The molecule has 4 aromatic rings. The molecule has 2 heterocycles. The highest BCUT2D eigenvalue weighted by atomic mass is 16.2. The number of aryl methyl sites for hydroxylation is 1. The number of rotatable bonds is 6. The molecule has 8 heteroatoms. The first-order chi connectivity index (χ1) is 13.2. The van der Waals surface area contributed by atoms with Crippen LogP contribution in [0.3, 0.4) is 0 Å². The minimum atomic E-state index is -0.149. The molecule has 0 bridgehead atoms. The second kappa shape index (κ2) is 7.28. The van der Waals surface area contributed by atoms with E-state index in [4.69, 9.17) is 0 Å². The van der Waals surface area contributed by atoms with Crippen molar-refractivity contribution >= 4 is 22.5 Å². The Balaban J connectivity index is 1.35. The third-order valence-electron chi connectivity index (χ3n) is 4.27. The summed E-state index contributed by atoms with van der Waals surface area (Å²) in [5.41, 5.74) is 2.43. The Morgan fingerprint density at radius 2 is 1.93 bits per heavy atom. The Morgan fingerprint density at radius 1 is 1.11 bits per heavy atom. The summed E-state index contributed by atoms with van der Waals surface area (Å²) >= 11 is 0. The molecule has 0 radical (unpaired) electrons. The normalized spacial score (nSPS) is 11.0. The molecule has 8 nitrogen and oxygen atoms in total. The highest BCUT2D eigenvalue weighted by Gasteiger charge is 2.08. The van der Waals surface area contributed by atoms with Gasteiger partial charge in [-0.15, -0.1) is 0 Å². The third-order valence-corrected chi connectivity index (χ3v) is 4.27. The number of para-hydroxylation sites is 1. The number of H-pyrrole nitrogens is 1. The van der Waals surface area contributed by atoms with Crippen LogP contribution in [0.5, 0.6) is 0 Å². The van der Waals surface area contributed by atoms with Gasteiger partial charge in [-0.05, 0) is 29.8 Å². The molecule has 0 aliphatic carbocycles. The van der Waals surface area contributed by atoms with Crippen LogP contribution >= 0.6 is 0 Å². The van der Waals surface area contributed by atoms with Crippen molar-refractivity contribution in [1.82, 2.24) is 24.5 Å². The highest BCUT2D eigenvalue weighted by molar-refractivity contribution is 5.90. The average Bonchev–Trinajstić information content (AvgIpc) is 3.30. The van der Waals surface area contributed by atoms with Gasteiger partial charge in [0.15, 0.2) is 0 Å². The van der Waals surface area contributed by atoms with Gasteiger partial charge in [0.2, 0.25) is 5.91 Å². The fourth-order valence-electron chi connectivity index (χ4n) is 2.90. The van der Waals surface area contributed by atoms with E-state index < -0.39 is 0 Å². The quantitative estimate of drug-likeness (QED) is 0.548. The summed E-state index contributed by atoms with van der Waals surface area (Å²) in [6, 6.07) is 14.8. The zero-order chi connectivity index (χ0) is 18.6. The number of nitrogens with one attached hydrogen (secondary N) is 2. The number of aromatic nitrogens is 5. The SMILES string of the molecule is O=C(CCn1[nH]c2ccccc2c1=O)Nc1ccc(Cn2cncn2)cc1. The van der Waals surface area contributed by atoms with Crippen molar-refractivity contribution in [2.24, 2.45) is 0 Å². The second-order valence-corrected chi connectivity index (χ2v) is 6.20. The first kappa shape index (κ1) is 16.8. The largest absolute Gasteiger partial charge is 0.326 e. The Labute approximate surface area is 154 Å². The maximum atomic E-state index is 12.3. The maximum Gasteiger partial charge on any atom is 0.274 e. The van der Waals surface area contributed by atoms with E-state index in [2.05, 4.69) is 20.5 Å². The molecule has 0 aliphatic heterocycles. The molecule has 0 spiro atoms. The number of hydrogen-bond donors (Lipinski definition) is 2. The summed E-state index contributed by atoms with van der Waals surface area (Å²) in [7, 11) is 0. The summed E-state index contributed by atoms with van der Waals surface area (Å²) in [6.45, 7) is 0.918. The molecule has 1 amide bonds. The van der Waals surface area contributed by atoms with E-state index in [0.29, 0.717) is 24.2 Å². The number of aromatic amines is 1. The Bertz CT molecular complexity index is 1110. The van der Waals surface area contributed by atoms with E-state index in [1.165, 1.54) is 11.0 Å². The number of fused-ring (bicyclic) bond motifs is 1. The van der Waals surface area contributed by atoms with E-state index in [-0.39, 0.29) is 17.9 Å². The van der Waals surface area contributed by atoms with E-state index in [0.717, 1.165) is 11.1 Å². The van der Waals surface area contributed by atoms with Crippen molar-refractivity contribution in [3.63, 3.8) is 0 Å². The van der Waals surface area contributed by atoms with Gasteiger partial charge >= 0.3 is 0 Å². The standard InChI is InChI=1S/C19H18N6O2/c26-18(9-10-25-19(27)16-3-1-2-4-17(16)23-25)22-15-7-5-14(6-8-15)11-24-13-20-12-21-24/h1-8,12-13,23H,9-11H2,(H,22,26). The smallest absolute Gasteiger partial charge is 0.274 e. The number of anilines is 1. The number of carbonyl (C=O) groups excluding carboxylic acids is 1. The van der Waals surface area contributed by atoms with Crippen molar-refractivity contribution < 1.29 is 4.79 Å². The van der Waals surface area contributed by atoms with Gasteiger partial charge in [-0.2, -0.15) is 5.10 Å². The monoisotopic (exact) mass is 362 g/mol. The van der Waals surface area contributed by atoms with E-state index in [9.17, 15) is 9.59 Å². The molecule has 4 rings (SSSR count). The molecule has 2 N–H and O–H groups in total. The maximum absolute atomic E-state index is 12.3. The third kappa shape index (κ3) is 3.79. The fourth-order valence-corrected chi connectivity index (χ4v) is 2.90. The van der Waals surface area contributed by atoms with Gasteiger partial charge in [0.1, 0.15) is 12.7 Å². The lowest BCUT2D eigenvalue weighted by Gasteiger charge is -2.07. The van der Waals surface area contributed by atoms with Crippen molar-refractivity contribution in [2.75, 3.05) is 5.32 Å². The number of carbonyl (C=O) groups is 1. The Kier molecular flexibility index (Phi) is 4.52. The van der Waals surface area contributed by atoms with Gasteiger partial charge in [-0.1, -0.05) is 24.3 Å². The van der Waals surface area contributed by atoms with Gasteiger partial charge in [0.05, 0.1) is 24.0 Å². The Morgan fingerprint density at radius 3 is 2.67 bits per heavy atom. The van der Waals surface area contributed by atoms with Crippen LogP contribution in [-0.2, 0) is 17.9 Å². The van der Waals surface area contributed by atoms with E-state index in [1.54, 1.807) is 17.1 Å². The molecule has 27 heavy (non-hydrogen) atoms. The van der Waals surface area contributed by atoms with E-state index in [1.807, 2.05) is 42.5 Å². The predicted molar refractivity (Wildman–Crippen MR) is 101 cm³/mol. The van der Waals surface area contributed by atoms with Crippen molar-refractivity contribution in [3.8, 4) is 0 Å². The molecule has 0 saturated heterocycles. The molecule has 2 aromatic carbocycles. The number of amides is 1. The van der Waals surface area contributed by atoms with Crippen LogP contribution in [-0.4, -0.2) is 30.5 Å². The zero-order valence-electron chi connectivity index (χ0n) is 14.5. The zero-order valence-corrected chi connectivity index (χ0v) is 14.5. The summed E-state index contributed by atoms with van der Waals surface area (Å²) in [5.74, 6) is -0.149. The van der Waals surface area contributed by atoms with Crippen molar-refractivity contribution in [3.05, 3.63) is 77.1 Å². The lowest BCUT2D eigenvalue weighted by atomic mass is 10.2. The van der Waals surface area contributed by atoms with E-state index >= 15 is 0 Å². The van der Waals surface area contributed by atoms with Crippen LogP contribution < -0.4 is 10.9 Å². The van der Waals surface area contributed by atoms with Gasteiger partial charge in [-0.3, -0.25) is 19.4 Å². The number of hydrogen-bond acceptors (Lipinski definition) is 4. The van der Waals surface area contributed by atoms with Crippen LogP contribution in [0.1, 0.15) is 12.0 Å². The van der Waals surface area contributed by atoms with Gasteiger partial charge < -0.3 is 5.32 Å². The van der Waals surface area contributed by atoms with Crippen molar-refractivity contribution in [1.29, 1.82) is 0 Å². The molecule has 0 aliphatic rings. The van der Waals surface area contributed by atoms with Crippen LogP contribution in [0.4, 0.5) is 5.69 Å². The molecule has 0 atom stereocenters. The molecule has 2 aromatic heterocycles. The van der Waals surface area contributed by atoms with Crippen molar-refractivity contribution in [2.45, 2.75) is 19.5 Å². The minimum absolute atomic E-state index is 0.115. The lowest BCUT2D eigenvalue weighted by Crippen LogP contribution is -2.21. The minimum Gasteiger partial charge on any atom is -0.326 e. The fraction of sp³-hybridized carbons (Fsp3) is 0.158. The molecule has 0 fully saturated rings. The van der Waals surface area contributed by atoms with Crippen LogP contribution in [0.2, 0.25) is 0 Å². The summed E-state index contributed by atoms with van der Waals surface area (Å²) in [5, 5.41) is 10.6. The molecular formula is C19H18N6O2. The molecule has 136 valence electrons. The number of benzene rings is 2. The van der Waals surface area contributed by atoms with Gasteiger partial charge in [-0.25, -0.2) is 9.67 Å². The first-order valence-electron chi connectivity index (χ1n) is 8.58. The summed E-state index contributed by atoms with van der Waals surface area (Å²) in [4.78, 5) is 28.4. The van der Waals surface area contributed by atoms with Crippen LogP contribution in [0.25, 0.3) is 10.9 Å². The highest BCUT2D eigenvalue weighted by Crippen LogP contribution is 2.11. The number of nitrogens with zero attached hydrogens (tertiary/aromatic N) is 4. The van der Waals surface area contributed by atoms with Gasteiger partial charge in [0, 0.05) is 12.1 Å². The molecule has 0 unspecified atom stereocenters. The topological polar surface area (TPSA) is 97.6 Å². The molecular weight excluding hydrogens is 344 g/mol. The van der Waals surface area contributed by atoms with Gasteiger partial charge in [0.25, 0.3) is 5.56 Å². The summed E-state index contributed by atoms with van der Waals surface area (Å²) < 4.78 is 3.19. The Hall–Kier alpha value is -3.68. The summed E-state index contributed by atoms with van der Waals surface area (Å²) in [6.07, 6.45) is 3.35. The van der Waals surface area contributed by atoms with Crippen LogP contribution in [0, 0.1) is 0 Å². The predicted octanol–water partition coefficient (Wildman–Crippen LogP) is 2.00. The van der Waals surface area contributed by atoms with Crippen LogP contribution in [0.15, 0.2) is 66.0 Å².